The minimum atomic E-state index is -0.914. The molecule has 2 rings (SSSR count). The minimum absolute atomic E-state index is 0.378. The zero-order valence-corrected chi connectivity index (χ0v) is 12.9. The first-order chi connectivity index (χ1) is 9.10. The fourth-order valence-electron chi connectivity index (χ4n) is 3.25. The Morgan fingerprint density at radius 2 is 1.85 bits per heavy atom. The second-order valence-electron chi connectivity index (χ2n) is 6.76. The molecular formula is C16H24N2O2. The third-order valence-electron chi connectivity index (χ3n) is 4.16. The molecule has 1 amide bonds. The first-order valence-corrected chi connectivity index (χ1v) is 6.94. The molecule has 1 fully saturated rings. The second-order valence-corrected chi connectivity index (χ2v) is 6.76. The van der Waals surface area contributed by atoms with Gasteiger partial charge in [-0.25, -0.2) is 0 Å². The number of ether oxygens (including phenoxy) is 1. The van der Waals surface area contributed by atoms with Gasteiger partial charge in [-0.1, -0.05) is 18.2 Å². The van der Waals surface area contributed by atoms with Crippen LogP contribution in [0.25, 0.3) is 0 Å². The van der Waals surface area contributed by atoms with Crippen LogP contribution >= 0.6 is 0 Å². The highest BCUT2D eigenvalue weighted by Gasteiger charge is 2.61. The van der Waals surface area contributed by atoms with Crippen LogP contribution in [0.15, 0.2) is 24.3 Å². The number of benzene rings is 1. The molecule has 1 atom stereocenters. The van der Waals surface area contributed by atoms with E-state index in [0.717, 1.165) is 11.3 Å². The number of nitrogens with two attached hydrogens (primary N) is 1. The second kappa shape index (κ2) is 4.48. The molecule has 0 bridgehead atoms. The van der Waals surface area contributed by atoms with Gasteiger partial charge >= 0.3 is 0 Å². The molecule has 1 aromatic carbocycles. The Morgan fingerprint density at radius 1 is 1.25 bits per heavy atom. The first kappa shape index (κ1) is 14.9. The molecule has 0 aromatic heterocycles. The Labute approximate surface area is 120 Å². The van der Waals surface area contributed by atoms with Gasteiger partial charge in [-0.05, 0) is 46.2 Å². The van der Waals surface area contributed by atoms with E-state index in [2.05, 4.69) is 5.32 Å². The van der Waals surface area contributed by atoms with Crippen LogP contribution < -0.4 is 11.1 Å². The van der Waals surface area contributed by atoms with Gasteiger partial charge < -0.3 is 15.8 Å². The average molecular weight is 276 g/mol. The van der Waals surface area contributed by atoms with Crippen molar-refractivity contribution in [3.63, 3.8) is 0 Å². The van der Waals surface area contributed by atoms with Crippen LogP contribution in [0.3, 0.4) is 0 Å². The van der Waals surface area contributed by atoms with Crippen molar-refractivity contribution < 1.29 is 9.53 Å². The predicted octanol–water partition coefficient (Wildman–Crippen LogP) is 2.61. The highest BCUT2D eigenvalue weighted by Crippen LogP contribution is 2.46. The third kappa shape index (κ3) is 2.29. The van der Waals surface area contributed by atoms with E-state index in [1.54, 1.807) is 0 Å². The van der Waals surface area contributed by atoms with Gasteiger partial charge in [0.1, 0.15) is 5.54 Å². The van der Waals surface area contributed by atoms with Crippen molar-refractivity contribution in [2.75, 3.05) is 5.32 Å². The Bertz CT molecular complexity index is 537. The topological polar surface area (TPSA) is 64.3 Å². The summed E-state index contributed by atoms with van der Waals surface area (Å²) in [6, 6.07) is 7.88. The van der Waals surface area contributed by atoms with Gasteiger partial charge in [0.2, 0.25) is 5.91 Å². The SMILES string of the molecule is Cc1ccccc1NC1(C(N)=O)CC(C)(C)OC1(C)C. The van der Waals surface area contributed by atoms with Crippen LogP contribution in [0, 0.1) is 6.92 Å². The van der Waals surface area contributed by atoms with E-state index >= 15 is 0 Å². The van der Waals surface area contributed by atoms with Gasteiger partial charge in [0, 0.05) is 12.1 Å². The van der Waals surface area contributed by atoms with Crippen LogP contribution in [0.5, 0.6) is 0 Å². The number of rotatable bonds is 3. The molecule has 1 aliphatic heterocycles. The maximum absolute atomic E-state index is 12.2. The number of aryl methyl sites for hydroxylation is 1. The Balaban J connectivity index is 2.47. The molecule has 0 spiro atoms. The van der Waals surface area contributed by atoms with E-state index in [1.807, 2.05) is 58.9 Å². The molecule has 1 aliphatic rings. The minimum Gasteiger partial charge on any atom is -0.369 e. The van der Waals surface area contributed by atoms with Crippen molar-refractivity contribution >= 4 is 11.6 Å². The van der Waals surface area contributed by atoms with Crippen LogP contribution in [-0.4, -0.2) is 22.6 Å². The van der Waals surface area contributed by atoms with Gasteiger partial charge in [-0.2, -0.15) is 0 Å². The van der Waals surface area contributed by atoms with Gasteiger partial charge in [0.15, 0.2) is 0 Å². The van der Waals surface area contributed by atoms with Gasteiger partial charge in [0.05, 0.1) is 11.2 Å². The molecule has 3 N–H and O–H groups in total. The van der Waals surface area contributed by atoms with Gasteiger partial charge in [0.25, 0.3) is 0 Å². The van der Waals surface area contributed by atoms with E-state index < -0.39 is 16.7 Å². The van der Waals surface area contributed by atoms with Crippen molar-refractivity contribution in [2.45, 2.75) is 57.8 Å². The van der Waals surface area contributed by atoms with Crippen molar-refractivity contribution in [3.8, 4) is 0 Å². The highest BCUT2D eigenvalue weighted by molar-refractivity contribution is 5.90. The fourth-order valence-corrected chi connectivity index (χ4v) is 3.25. The van der Waals surface area contributed by atoms with Crippen LogP contribution in [0.2, 0.25) is 0 Å². The molecule has 1 saturated heterocycles. The number of carbonyl (C=O) groups excluding carboxylic acids is 1. The number of nitrogens with one attached hydrogen (secondary N) is 1. The zero-order valence-electron chi connectivity index (χ0n) is 12.9. The number of para-hydroxylation sites is 1. The molecule has 1 unspecified atom stereocenters. The number of hydrogen-bond donors (Lipinski definition) is 2. The largest absolute Gasteiger partial charge is 0.369 e. The lowest BCUT2D eigenvalue weighted by atomic mass is 9.78. The number of primary amides is 1. The average Bonchev–Trinajstić information content (AvgIpc) is 2.47. The highest BCUT2D eigenvalue weighted by atomic mass is 16.5. The van der Waals surface area contributed by atoms with Crippen LogP contribution in [0.4, 0.5) is 5.69 Å². The lowest BCUT2D eigenvalue weighted by Gasteiger charge is -2.38. The monoisotopic (exact) mass is 276 g/mol. The smallest absolute Gasteiger partial charge is 0.246 e. The molecule has 20 heavy (non-hydrogen) atoms. The maximum Gasteiger partial charge on any atom is 0.246 e. The summed E-state index contributed by atoms with van der Waals surface area (Å²) in [5.41, 5.74) is 5.76. The summed E-state index contributed by atoms with van der Waals surface area (Å²) in [4.78, 5) is 12.2. The van der Waals surface area contributed by atoms with E-state index in [0.29, 0.717) is 6.42 Å². The van der Waals surface area contributed by atoms with Gasteiger partial charge in [-0.15, -0.1) is 0 Å². The molecule has 1 aromatic rings. The Kier molecular flexibility index (Phi) is 3.33. The van der Waals surface area contributed by atoms with Crippen molar-refractivity contribution in [2.24, 2.45) is 5.73 Å². The number of hydrogen-bond acceptors (Lipinski definition) is 3. The molecule has 4 nitrogen and oxygen atoms in total. The van der Waals surface area contributed by atoms with E-state index in [1.165, 1.54) is 0 Å². The summed E-state index contributed by atoms with van der Waals surface area (Å²) >= 11 is 0. The molecule has 110 valence electrons. The number of anilines is 1. The standard InChI is InChI=1S/C16H24N2O2/c1-11-8-6-7-9-12(11)18-16(13(17)19)10-14(2,3)20-15(16,4)5/h6-9,18H,10H2,1-5H3,(H2,17,19). The quantitative estimate of drug-likeness (QED) is 0.892. The number of carbonyl (C=O) groups is 1. The van der Waals surface area contributed by atoms with E-state index in [9.17, 15) is 4.79 Å². The molecule has 4 heteroatoms. The molecular weight excluding hydrogens is 252 g/mol. The summed E-state index contributed by atoms with van der Waals surface area (Å²) in [5, 5.41) is 3.37. The van der Waals surface area contributed by atoms with Gasteiger partial charge in [-0.3, -0.25) is 4.79 Å². The maximum atomic E-state index is 12.2. The zero-order chi connectivity index (χ0) is 15.2. The summed E-state index contributed by atoms with van der Waals surface area (Å²) in [5.74, 6) is -0.378. The summed E-state index contributed by atoms with van der Waals surface area (Å²) in [7, 11) is 0. The van der Waals surface area contributed by atoms with E-state index in [4.69, 9.17) is 10.5 Å². The lowest BCUT2D eigenvalue weighted by Crippen LogP contribution is -2.61. The Hall–Kier alpha value is -1.55. The molecule has 1 heterocycles. The van der Waals surface area contributed by atoms with Crippen molar-refractivity contribution in [1.82, 2.24) is 0 Å². The normalized spacial score (nSPS) is 27.2. The van der Waals surface area contributed by atoms with Crippen LogP contribution in [-0.2, 0) is 9.53 Å². The number of amides is 1. The molecule has 0 saturated carbocycles. The fraction of sp³-hybridized carbons (Fsp3) is 0.562. The Morgan fingerprint density at radius 3 is 2.30 bits per heavy atom. The summed E-state index contributed by atoms with van der Waals surface area (Å²) in [6.07, 6.45) is 0.538. The van der Waals surface area contributed by atoms with Crippen LogP contribution in [0.1, 0.15) is 39.7 Å². The molecule has 0 aliphatic carbocycles. The van der Waals surface area contributed by atoms with Crippen molar-refractivity contribution in [1.29, 1.82) is 0 Å². The molecule has 0 radical (unpaired) electrons. The summed E-state index contributed by atoms with van der Waals surface area (Å²) in [6.45, 7) is 9.80. The lowest BCUT2D eigenvalue weighted by molar-refractivity contribution is -0.129. The van der Waals surface area contributed by atoms with Crippen molar-refractivity contribution in [3.05, 3.63) is 29.8 Å². The third-order valence-corrected chi connectivity index (χ3v) is 4.16. The first-order valence-electron chi connectivity index (χ1n) is 6.94. The predicted molar refractivity (Wildman–Crippen MR) is 80.6 cm³/mol. The summed E-state index contributed by atoms with van der Waals surface area (Å²) < 4.78 is 6.06. The van der Waals surface area contributed by atoms with E-state index in [-0.39, 0.29) is 5.91 Å².